The van der Waals surface area contributed by atoms with Gasteiger partial charge in [-0.2, -0.15) is 0 Å². The molecule has 116 valence electrons. The van der Waals surface area contributed by atoms with Crippen molar-refractivity contribution in [2.45, 2.75) is 49.5 Å². The fourth-order valence-corrected chi connectivity index (χ4v) is 3.77. The van der Waals surface area contributed by atoms with Crippen molar-refractivity contribution in [2.24, 2.45) is 0 Å². The number of benzene rings is 1. The molecule has 1 unspecified atom stereocenters. The lowest BCUT2D eigenvalue weighted by atomic mass is 10.0. The first kappa shape index (κ1) is 16.2. The molecule has 2 nitrogen and oxygen atoms in total. The number of carbonyl (C=O) groups is 1. The molecule has 2 rings (SSSR count). The van der Waals surface area contributed by atoms with Crippen LogP contribution < -0.4 is 5.32 Å². The van der Waals surface area contributed by atoms with Crippen LogP contribution in [-0.2, 0) is 4.79 Å². The summed E-state index contributed by atoms with van der Waals surface area (Å²) in [6.07, 6.45) is 5.75. The lowest BCUT2D eigenvalue weighted by Crippen LogP contribution is -2.26. The Morgan fingerprint density at radius 2 is 1.86 bits per heavy atom. The number of halogens is 3. The third-order valence-electron chi connectivity index (χ3n) is 3.61. The molecule has 0 radical (unpaired) electrons. The van der Waals surface area contributed by atoms with E-state index >= 15 is 0 Å². The van der Waals surface area contributed by atoms with E-state index in [1.54, 1.807) is 18.7 Å². The molecule has 6 heteroatoms. The minimum absolute atomic E-state index is 0.324. The summed E-state index contributed by atoms with van der Waals surface area (Å²) < 4.78 is 39.4. The van der Waals surface area contributed by atoms with Gasteiger partial charge in [-0.3, -0.25) is 4.79 Å². The zero-order valence-corrected chi connectivity index (χ0v) is 12.6. The number of hydrogen-bond donors (Lipinski definition) is 1. The lowest BCUT2D eigenvalue weighted by molar-refractivity contribution is -0.115. The van der Waals surface area contributed by atoms with Crippen LogP contribution in [0.5, 0.6) is 0 Å². The Hall–Kier alpha value is -1.17. The van der Waals surface area contributed by atoms with Crippen molar-refractivity contribution in [3.63, 3.8) is 0 Å². The summed E-state index contributed by atoms with van der Waals surface area (Å²) >= 11 is 1.56. The number of hydrogen-bond acceptors (Lipinski definition) is 2. The zero-order chi connectivity index (χ0) is 15.4. The Morgan fingerprint density at radius 3 is 2.52 bits per heavy atom. The van der Waals surface area contributed by atoms with E-state index in [0.29, 0.717) is 5.25 Å². The SMILES string of the molecule is CC(SC1CCCCC1)C(=O)Nc1ccc(F)c(F)c1F. The predicted molar refractivity (Wildman–Crippen MR) is 78.9 cm³/mol. The number of carbonyl (C=O) groups excluding carboxylic acids is 1. The Balaban J connectivity index is 1.95. The summed E-state index contributed by atoms with van der Waals surface area (Å²) in [7, 11) is 0. The van der Waals surface area contributed by atoms with E-state index in [2.05, 4.69) is 5.32 Å². The lowest BCUT2D eigenvalue weighted by Gasteiger charge is -2.23. The van der Waals surface area contributed by atoms with Crippen LogP contribution in [0.25, 0.3) is 0 Å². The Kier molecular flexibility index (Phi) is 5.56. The largest absolute Gasteiger partial charge is 0.323 e. The molecule has 1 aromatic rings. The third-order valence-corrected chi connectivity index (χ3v) is 5.09. The van der Waals surface area contributed by atoms with Crippen molar-refractivity contribution < 1.29 is 18.0 Å². The average Bonchev–Trinajstić information content (AvgIpc) is 2.48. The molecule has 1 N–H and O–H groups in total. The highest BCUT2D eigenvalue weighted by molar-refractivity contribution is 8.01. The van der Waals surface area contributed by atoms with Gasteiger partial charge in [0.15, 0.2) is 17.5 Å². The predicted octanol–water partition coefficient (Wildman–Crippen LogP) is 4.50. The van der Waals surface area contributed by atoms with E-state index in [0.717, 1.165) is 25.0 Å². The van der Waals surface area contributed by atoms with Gasteiger partial charge in [0.2, 0.25) is 5.91 Å². The van der Waals surface area contributed by atoms with Crippen molar-refractivity contribution in [1.82, 2.24) is 0 Å². The molecule has 0 saturated heterocycles. The highest BCUT2D eigenvalue weighted by Gasteiger charge is 2.23. The van der Waals surface area contributed by atoms with E-state index in [1.807, 2.05) is 0 Å². The van der Waals surface area contributed by atoms with Gasteiger partial charge in [-0.05, 0) is 31.9 Å². The number of thioether (sulfide) groups is 1. The van der Waals surface area contributed by atoms with Crippen molar-refractivity contribution in [3.05, 3.63) is 29.6 Å². The van der Waals surface area contributed by atoms with Gasteiger partial charge in [0.05, 0.1) is 10.9 Å². The van der Waals surface area contributed by atoms with Crippen LogP contribution in [0.15, 0.2) is 12.1 Å². The van der Waals surface area contributed by atoms with Crippen LogP contribution >= 0.6 is 11.8 Å². The molecule has 1 aliphatic carbocycles. The van der Waals surface area contributed by atoms with Gasteiger partial charge in [-0.25, -0.2) is 13.2 Å². The second kappa shape index (κ2) is 7.20. The van der Waals surface area contributed by atoms with Gasteiger partial charge in [0, 0.05) is 5.25 Å². The van der Waals surface area contributed by atoms with E-state index in [1.165, 1.54) is 19.3 Å². The van der Waals surface area contributed by atoms with Gasteiger partial charge in [0.25, 0.3) is 0 Å². The molecule has 0 aromatic heterocycles. The molecule has 0 aliphatic heterocycles. The van der Waals surface area contributed by atoms with Crippen LogP contribution in [0, 0.1) is 17.5 Å². The summed E-state index contributed by atoms with van der Waals surface area (Å²) in [6, 6.07) is 1.83. The van der Waals surface area contributed by atoms with Crippen LogP contribution in [0.1, 0.15) is 39.0 Å². The number of rotatable bonds is 4. The summed E-state index contributed by atoms with van der Waals surface area (Å²) in [6.45, 7) is 1.74. The molecule has 0 bridgehead atoms. The Labute approximate surface area is 126 Å². The van der Waals surface area contributed by atoms with Crippen molar-refractivity contribution >= 4 is 23.4 Å². The van der Waals surface area contributed by atoms with Crippen LogP contribution in [0.4, 0.5) is 18.9 Å². The third kappa shape index (κ3) is 4.15. The number of nitrogens with one attached hydrogen (secondary N) is 1. The van der Waals surface area contributed by atoms with E-state index in [4.69, 9.17) is 0 Å². The first-order chi connectivity index (χ1) is 9.99. The van der Waals surface area contributed by atoms with E-state index in [9.17, 15) is 18.0 Å². The summed E-state index contributed by atoms with van der Waals surface area (Å²) in [4.78, 5) is 12.0. The first-order valence-electron chi connectivity index (χ1n) is 7.09. The maximum Gasteiger partial charge on any atom is 0.237 e. The highest BCUT2D eigenvalue weighted by atomic mass is 32.2. The normalized spacial score (nSPS) is 17.5. The van der Waals surface area contributed by atoms with E-state index in [-0.39, 0.29) is 10.9 Å². The smallest absolute Gasteiger partial charge is 0.237 e. The summed E-state index contributed by atoms with van der Waals surface area (Å²) in [5, 5.41) is 2.40. The molecule has 1 fully saturated rings. The minimum Gasteiger partial charge on any atom is -0.323 e. The fraction of sp³-hybridized carbons (Fsp3) is 0.533. The summed E-state index contributed by atoms with van der Waals surface area (Å²) in [5.74, 6) is -4.59. The van der Waals surface area contributed by atoms with Crippen LogP contribution in [-0.4, -0.2) is 16.4 Å². The zero-order valence-electron chi connectivity index (χ0n) is 11.8. The quantitative estimate of drug-likeness (QED) is 0.829. The molecule has 1 saturated carbocycles. The van der Waals surface area contributed by atoms with E-state index < -0.39 is 23.4 Å². The van der Waals surface area contributed by atoms with Crippen LogP contribution in [0.3, 0.4) is 0 Å². The maximum atomic E-state index is 13.5. The molecule has 1 aliphatic rings. The standard InChI is InChI=1S/C15H18F3NOS/c1-9(21-10-5-3-2-4-6-10)15(20)19-12-8-7-11(16)13(17)14(12)18/h7-10H,2-6H2,1H3,(H,19,20). The molecule has 1 aromatic carbocycles. The van der Waals surface area contributed by atoms with Crippen LogP contribution in [0.2, 0.25) is 0 Å². The van der Waals surface area contributed by atoms with Gasteiger partial charge < -0.3 is 5.32 Å². The average molecular weight is 317 g/mol. The van der Waals surface area contributed by atoms with Gasteiger partial charge >= 0.3 is 0 Å². The molecular formula is C15H18F3NOS. The summed E-state index contributed by atoms with van der Waals surface area (Å²) in [5.41, 5.74) is -0.324. The molecule has 1 amide bonds. The molecule has 1 atom stereocenters. The Bertz CT molecular complexity index is 518. The number of anilines is 1. The minimum atomic E-state index is -1.57. The van der Waals surface area contributed by atoms with Gasteiger partial charge in [0.1, 0.15) is 0 Å². The molecular weight excluding hydrogens is 299 g/mol. The molecule has 0 spiro atoms. The fourth-order valence-electron chi connectivity index (χ4n) is 2.41. The second-order valence-corrected chi connectivity index (χ2v) is 6.90. The van der Waals surface area contributed by atoms with Gasteiger partial charge in [-0.15, -0.1) is 11.8 Å². The van der Waals surface area contributed by atoms with Crippen molar-refractivity contribution in [2.75, 3.05) is 5.32 Å². The first-order valence-corrected chi connectivity index (χ1v) is 8.03. The maximum absolute atomic E-state index is 13.5. The van der Waals surface area contributed by atoms with Gasteiger partial charge in [-0.1, -0.05) is 19.3 Å². The highest BCUT2D eigenvalue weighted by Crippen LogP contribution is 2.31. The molecule has 0 heterocycles. The monoisotopic (exact) mass is 317 g/mol. The molecule has 21 heavy (non-hydrogen) atoms. The van der Waals surface area contributed by atoms with Crippen molar-refractivity contribution in [1.29, 1.82) is 0 Å². The second-order valence-electron chi connectivity index (χ2n) is 5.25. The number of amides is 1. The Morgan fingerprint density at radius 1 is 1.19 bits per heavy atom. The van der Waals surface area contributed by atoms with Crippen molar-refractivity contribution in [3.8, 4) is 0 Å². The topological polar surface area (TPSA) is 29.1 Å².